The zero-order chi connectivity index (χ0) is 14.6. The van der Waals surface area contributed by atoms with Crippen LogP contribution in [0.25, 0.3) is 0 Å². The third-order valence-electron chi connectivity index (χ3n) is 2.80. The average molecular weight is 294 g/mol. The van der Waals surface area contributed by atoms with Gasteiger partial charge in [-0.25, -0.2) is 0 Å². The Morgan fingerprint density at radius 1 is 1.35 bits per heavy atom. The minimum atomic E-state index is -1.50. The molecule has 0 saturated carbocycles. The van der Waals surface area contributed by atoms with Gasteiger partial charge in [0, 0.05) is 11.9 Å². The van der Waals surface area contributed by atoms with Gasteiger partial charge in [0.1, 0.15) is 5.76 Å². The number of hydrogen-bond acceptors (Lipinski definition) is 5. The van der Waals surface area contributed by atoms with Crippen LogP contribution in [-0.4, -0.2) is 30.5 Å². The topological polar surface area (TPSA) is 91.6 Å². The fraction of sp³-hybridized carbons (Fsp3) is 0.231. The highest BCUT2D eigenvalue weighted by molar-refractivity contribution is 7.10. The fourth-order valence-corrected chi connectivity index (χ4v) is 2.55. The predicted molar refractivity (Wildman–Crippen MR) is 73.1 cm³/mol. The van der Waals surface area contributed by atoms with Gasteiger partial charge in [-0.05, 0) is 23.6 Å². The molecule has 0 saturated heterocycles. The molecule has 20 heavy (non-hydrogen) atoms. The van der Waals surface area contributed by atoms with Crippen LogP contribution in [0.3, 0.4) is 0 Å². The molecular formula is C13H14N2O4S. The van der Waals surface area contributed by atoms with Gasteiger partial charge in [0.05, 0.1) is 12.8 Å². The van der Waals surface area contributed by atoms with E-state index in [2.05, 4.69) is 10.6 Å². The van der Waals surface area contributed by atoms with E-state index in [1.165, 1.54) is 24.6 Å². The smallest absolute Gasteiger partial charge is 0.309 e. The molecule has 2 heterocycles. The number of carbonyl (C=O) groups excluding carboxylic acids is 2. The Morgan fingerprint density at radius 2 is 2.15 bits per heavy atom. The Labute approximate surface area is 119 Å². The number of rotatable bonds is 4. The van der Waals surface area contributed by atoms with E-state index in [4.69, 9.17) is 4.42 Å². The first-order valence-corrected chi connectivity index (χ1v) is 6.76. The van der Waals surface area contributed by atoms with E-state index in [9.17, 15) is 14.7 Å². The third-order valence-corrected chi connectivity index (χ3v) is 3.82. The summed E-state index contributed by atoms with van der Waals surface area (Å²) in [6.07, 6.45) is 1.44. The van der Waals surface area contributed by atoms with Crippen LogP contribution in [0.1, 0.15) is 10.6 Å². The summed E-state index contributed by atoms with van der Waals surface area (Å²) in [5.41, 5.74) is -1.50. The van der Waals surface area contributed by atoms with Crippen LogP contribution >= 0.6 is 11.3 Å². The zero-order valence-corrected chi connectivity index (χ0v) is 11.6. The summed E-state index contributed by atoms with van der Waals surface area (Å²) in [4.78, 5) is 23.3. The number of amides is 2. The van der Waals surface area contributed by atoms with Gasteiger partial charge in [-0.15, -0.1) is 11.3 Å². The standard InChI is InChI=1S/C13H14N2O4S/c1-14-11(16)12(17)15-8-13(18,9-4-2-6-19-9)10-5-3-7-20-10/h2-7,18H,8H2,1H3,(H,14,16)(H,15,17). The van der Waals surface area contributed by atoms with Crippen LogP contribution in [0, 0.1) is 0 Å². The van der Waals surface area contributed by atoms with E-state index in [0.29, 0.717) is 10.6 Å². The molecule has 1 atom stereocenters. The maximum Gasteiger partial charge on any atom is 0.309 e. The molecule has 0 aliphatic heterocycles. The van der Waals surface area contributed by atoms with Gasteiger partial charge in [-0.2, -0.15) is 0 Å². The van der Waals surface area contributed by atoms with E-state index in [1.807, 2.05) is 5.38 Å². The molecule has 0 spiro atoms. The van der Waals surface area contributed by atoms with Crippen LogP contribution < -0.4 is 10.6 Å². The maximum atomic E-state index is 11.5. The van der Waals surface area contributed by atoms with Crippen LogP contribution in [0.15, 0.2) is 40.3 Å². The molecular weight excluding hydrogens is 280 g/mol. The molecule has 0 aromatic carbocycles. The number of carbonyl (C=O) groups is 2. The van der Waals surface area contributed by atoms with Crippen LogP contribution in [0.5, 0.6) is 0 Å². The average Bonchev–Trinajstić information content (AvgIpc) is 3.15. The summed E-state index contributed by atoms with van der Waals surface area (Å²) >= 11 is 1.33. The lowest BCUT2D eigenvalue weighted by molar-refractivity contribution is -0.139. The SMILES string of the molecule is CNC(=O)C(=O)NCC(O)(c1ccco1)c1cccs1. The Balaban J connectivity index is 2.21. The number of furan rings is 1. The van der Waals surface area contributed by atoms with Gasteiger partial charge >= 0.3 is 11.8 Å². The van der Waals surface area contributed by atoms with Crippen molar-refractivity contribution < 1.29 is 19.1 Å². The van der Waals surface area contributed by atoms with Crippen molar-refractivity contribution in [3.63, 3.8) is 0 Å². The second-order valence-corrected chi connectivity index (χ2v) is 5.02. The summed E-state index contributed by atoms with van der Waals surface area (Å²) in [5, 5.41) is 17.2. The van der Waals surface area contributed by atoms with Crippen molar-refractivity contribution in [1.29, 1.82) is 0 Å². The highest BCUT2D eigenvalue weighted by Gasteiger charge is 2.36. The highest BCUT2D eigenvalue weighted by Crippen LogP contribution is 2.32. The Kier molecular flexibility index (Phi) is 4.21. The summed E-state index contributed by atoms with van der Waals surface area (Å²) in [6.45, 7) is -0.159. The second kappa shape index (κ2) is 5.89. The van der Waals surface area contributed by atoms with Gasteiger partial charge in [0.15, 0.2) is 5.60 Å². The highest BCUT2D eigenvalue weighted by atomic mass is 32.1. The van der Waals surface area contributed by atoms with Gasteiger partial charge in [-0.1, -0.05) is 6.07 Å². The Bertz CT molecular complexity index is 543. The zero-order valence-electron chi connectivity index (χ0n) is 10.8. The van der Waals surface area contributed by atoms with Crippen molar-refractivity contribution in [2.75, 3.05) is 13.6 Å². The molecule has 0 aliphatic carbocycles. The molecule has 0 bridgehead atoms. The molecule has 3 N–H and O–H groups in total. The second-order valence-electron chi connectivity index (χ2n) is 4.08. The van der Waals surface area contributed by atoms with Gasteiger partial charge in [0.2, 0.25) is 0 Å². The molecule has 7 heteroatoms. The minimum Gasteiger partial charge on any atom is -0.466 e. The summed E-state index contributed by atoms with van der Waals surface area (Å²) in [7, 11) is 1.36. The number of hydrogen-bond donors (Lipinski definition) is 3. The van der Waals surface area contributed by atoms with Gasteiger partial charge in [0.25, 0.3) is 0 Å². The first-order chi connectivity index (χ1) is 9.58. The molecule has 0 radical (unpaired) electrons. The van der Waals surface area contributed by atoms with Crippen LogP contribution in [-0.2, 0) is 15.2 Å². The first kappa shape index (κ1) is 14.3. The quantitative estimate of drug-likeness (QED) is 0.714. The lowest BCUT2D eigenvalue weighted by atomic mass is 9.98. The molecule has 106 valence electrons. The lowest BCUT2D eigenvalue weighted by Crippen LogP contribution is -2.45. The molecule has 0 aliphatic rings. The van der Waals surface area contributed by atoms with Crippen LogP contribution in [0.2, 0.25) is 0 Å². The molecule has 0 fully saturated rings. The molecule has 2 rings (SSSR count). The molecule has 2 aromatic heterocycles. The van der Waals surface area contributed by atoms with Crippen molar-refractivity contribution >= 4 is 23.2 Å². The molecule has 2 aromatic rings. The summed E-state index contributed by atoms with van der Waals surface area (Å²) in [5.74, 6) is -1.27. The van der Waals surface area contributed by atoms with Crippen molar-refractivity contribution in [1.82, 2.24) is 10.6 Å². The van der Waals surface area contributed by atoms with E-state index >= 15 is 0 Å². The Morgan fingerprint density at radius 3 is 2.70 bits per heavy atom. The van der Waals surface area contributed by atoms with E-state index in [1.54, 1.807) is 24.3 Å². The molecule has 1 unspecified atom stereocenters. The van der Waals surface area contributed by atoms with E-state index in [-0.39, 0.29) is 6.54 Å². The normalized spacial score (nSPS) is 13.5. The van der Waals surface area contributed by atoms with Crippen molar-refractivity contribution in [3.8, 4) is 0 Å². The minimum absolute atomic E-state index is 0.159. The maximum absolute atomic E-state index is 11.5. The first-order valence-electron chi connectivity index (χ1n) is 5.88. The van der Waals surface area contributed by atoms with Crippen LogP contribution in [0.4, 0.5) is 0 Å². The van der Waals surface area contributed by atoms with Crippen molar-refractivity contribution in [3.05, 3.63) is 46.5 Å². The third kappa shape index (κ3) is 2.73. The monoisotopic (exact) mass is 294 g/mol. The largest absolute Gasteiger partial charge is 0.466 e. The van der Waals surface area contributed by atoms with E-state index in [0.717, 1.165) is 0 Å². The predicted octanol–water partition coefficient (Wildman–Crippen LogP) is 0.439. The Hall–Kier alpha value is -2.12. The molecule has 6 nitrogen and oxygen atoms in total. The fourth-order valence-electron chi connectivity index (χ4n) is 1.73. The number of thiophene rings is 1. The number of nitrogens with one attached hydrogen (secondary N) is 2. The molecule has 2 amide bonds. The van der Waals surface area contributed by atoms with Gasteiger partial charge in [-0.3, -0.25) is 9.59 Å². The number of likely N-dealkylation sites (N-methyl/N-ethyl adjacent to an activating group) is 1. The van der Waals surface area contributed by atoms with Crippen molar-refractivity contribution in [2.24, 2.45) is 0 Å². The van der Waals surface area contributed by atoms with Crippen molar-refractivity contribution in [2.45, 2.75) is 5.60 Å². The summed E-state index contributed by atoms with van der Waals surface area (Å²) in [6, 6.07) is 6.79. The number of aliphatic hydroxyl groups is 1. The van der Waals surface area contributed by atoms with Gasteiger partial charge < -0.3 is 20.2 Å². The summed E-state index contributed by atoms with van der Waals surface area (Å²) < 4.78 is 5.25. The van der Waals surface area contributed by atoms with E-state index < -0.39 is 17.4 Å². The lowest BCUT2D eigenvalue weighted by Gasteiger charge is -2.25.